The fourth-order valence-electron chi connectivity index (χ4n) is 3.73. The van der Waals surface area contributed by atoms with Gasteiger partial charge in [0.2, 0.25) is 5.91 Å². The zero-order chi connectivity index (χ0) is 20.0. The number of halogens is 1. The summed E-state index contributed by atoms with van der Waals surface area (Å²) in [4.78, 5) is 43.1. The van der Waals surface area contributed by atoms with Crippen molar-refractivity contribution in [1.29, 1.82) is 0 Å². The van der Waals surface area contributed by atoms with E-state index in [1.54, 1.807) is 43.3 Å². The van der Waals surface area contributed by atoms with Crippen LogP contribution in [0.5, 0.6) is 0 Å². The van der Waals surface area contributed by atoms with Crippen LogP contribution in [0.15, 0.2) is 48.5 Å². The highest BCUT2D eigenvalue weighted by Gasteiger charge is 2.59. The summed E-state index contributed by atoms with van der Waals surface area (Å²) in [7, 11) is 0. The van der Waals surface area contributed by atoms with Crippen LogP contribution in [-0.2, 0) is 14.4 Å². The minimum Gasteiger partial charge on any atom is -0.280 e. The van der Waals surface area contributed by atoms with Crippen LogP contribution in [0.3, 0.4) is 0 Å². The second-order valence-corrected chi connectivity index (χ2v) is 7.00. The highest BCUT2D eigenvalue weighted by atomic mass is 35.5. The van der Waals surface area contributed by atoms with Gasteiger partial charge in [0.05, 0.1) is 16.7 Å². The Bertz CT molecular complexity index is 947. The molecule has 2 aliphatic rings. The first kappa shape index (κ1) is 18.4. The molecule has 2 heterocycles. The molecule has 0 bridgehead atoms. The molecule has 0 N–H and O–H groups in total. The number of rotatable bonds is 4. The van der Waals surface area contributed by atoms with Crippen LogP contribution in [0.2, 0.25) is 5.02 Å². The lowest BCUT2D eigenvalue weighted by atomic mass is 9.90. The Morgan fingerprint density at radius 1 is 1.07 bits per heavy atom. The minimum atomic E-state index is -0.927. The molecule has 9 heteroatoms. The lowest BCUT2D eigenvalue weighted by Gasteiger charge is -2.28. The number of anilines is 1. The van der Waals surface area contributed by atoms with Crippen molar-refractivity contribution in [3.05, 3.63) is 69.2 Å². The Hall–Kier alpha value is -2.97. The Morgan fingerprint density at radius 2 is 1.71 bits per heavy atom. The van der Waals surface area contributed by atoms with Crippen molar-refractivity contribution in [3.63, 3.8) is 0 Å². The van der Waals surface area contributed by atoms with Crippen molar-refractivity contribution >= 4 is 34.8 Å². The molecule has 8 nitrogen and oxygen atoms in total. The molecule has 3 unspecified atom stereocenters. The van der Waals surface area contributed by atoms with Gasteiger partial charge in [-0.1, -0.05) is 23.7 Å². The molecule has 2 aliphatic heterocycles. The number of fused-ring (bicyclic) bond motifs is 1. The van der Waals surface area contributed by atoms with Crippen molar-refractivity contribution in [2.24, 2.45) is 5.92 Å². The molecule has 0 saturated carbocycles. The van der Waals surface area contributed by atoms with E-state index in [-0.39, 0.29) is 24.0 Å². The SMILES string of the molecule is CCN1C(=O)C2ON(c3ccc(Cl)cc3)C(c3ccc([N+](=O)[O-])cc3)C2C1=O. The van der Waals surface area contributed by atoms with E-state index in [1.807, 2.05) is 0 Å². The highest BCUT2D eigenvalue weighted by molar-refractivity contribution is 6.30. The third-order valence-electron chi connectivity index (χ3n) is 5.05. The first-order chi connectivity index (χ1) is 13.4. The lowest BCUT2D eigenvalue weighted by Crippen LogP contribution is -2.37. The quantitative estimate of drug-likeness (QED) is 0.444. The van der Waals surface area contributed by atoms with Crippen molar-refractivity contribution < 1.29 is 19.3 Å². The summed E-state index contributed by atoms with van der Waals surface area (Å²) in [5.74, 6) is -1.41. The average molecular weight is 402 g/mol. The summed E-state index contributed by atoms with van der Waals surface area (Å²) in [5.41, 5.74) is 1.22. The van der Waals surface area contributed by atoms with Gasteiger partial charge >= 0.3 is 0 Å². The molecule has 144 valence electrons. The Kier molecular flexibility index (Phi) is 4.52. The van der Waals surface area contributed by atoms with Crippen LogP contribution in [0, 0.1) is 16.0 Å². The monoisotopic (exact) mass is 401 g/mol. The van der Waals surface area contributed by atoms with E-state index >= 15 is 0 Å². The molecule has 0 radical (unpaired) electrons. The van der Waals surface area contributed by atoms with Gasteiger partial charge in [-0.3, -0.25) is 29.4 Å². The molecule has 4 rings (SSSR count). The number of hydrogen-bond donors (Lipinski definition) is 0. The number of likely N-dealkylation sites (tertiary alicyclic amines) is 1. The number of nitro benzene ring substituents is 1. The van der Waals surface area contributed by atoms with Gasteiger partial charge in [0.15, 0.2) is 6.10 Å². The number of non-ortho nitro benzene ring substituents is 1. The molecule has 2 aromatic rings. The Labute approximate surface area is 165 Å². The first-order valence-electron chi connectivity index (χ1n) is 8.73. The van der Waals surface area contributed by atoms with Crippen molar-refractivity contribution in [2.45, 2.75) is 19.1 Å². The average Bonchev–Trinajstić information content (AvgIpc) is 3.19. The topological polar surface area (TPSA) is 93.0 Å². The van der Waals surface area contributed by atoms with Crippen LogP contribution in [0.4, 0.5) is 11.4 Å². The summed E-state index contributed by atoms with van der Waals surface area (Å²) in [6, 6.07) is 12.2. The van der Waals surface area contributed by atoms with Crippen molar-refractivity contribution in [1.82, 2.24) is 4.90 Å². The molecular weight excluding hydrogens is 386 g/mol. The number of carbonyl (C=O) groups is 2. The predicted octanol–water partition coefficient (Wildman–Crippen LogP) is 3.11. The van der Waals surface area contributed by atoms with Gasteiger partial charge in [-0.2, -0.15) is 0 Å². The zero-order valence-electron chi connectivity index (χ0n) is 14.8. The fourth-order valence-corrected chi connectivity index (χ4v) is 3.85. The van der Waals surface area contributed by atoms with E-state index in [4.69, 9.17) is 16.4 Å². The number of nitrogens with zero attached hydrogens (tertiary/aromatic N) is 3. The maximum Gasteiger partial charge on any atom is 0.269 e. The van der Waals surface area contributed by atoms with Crippen LogP contribution < -0.4 is 5.06 Å². The molecule has 2 fully saturated rings. The van der Waals surface area contributed by atoms with E-state index in [2.05, 4.69) is 0 Å². The number of hydrogen-bond acceptors (Lipinski definition) is 6. The third kappa shape index (κ3) is 2.81. The number of likely N-dealkylation sites (N-methyl/N-ethyl adjacent to an activating group) is 1. The number of hydroxylamine groups is 1. The molecular formula is C19H16ClN3O5. The summed E-state index contributed by atoms with van der Waals surface area (Å²) < 4.78 is 0. The highest BCUT2D eigenvalue weighted by Crippen LogP contribution is 2.46. The van der Waals surface area contributed by atoms with Gasteiger partial charge in [-0.25, -0.2) is 5.06 Å². The number of nitro groups is 1. The van der Waals surface area contributed by atoms with Crippen molar-refractivity contribution in [3.8, 4) is 0 Å². The van der Waals surface area contributed by atoms with E-state index in [9.17, 15) is 19.7 Å². The maximum atomic E-state index is 12.9. The van der Waals surface area contributed by atoms with E-state index in [1.165, 1.54) is 22.1 Å². The number of benzene rings is 2. The molecule has 2 aromatic carbocycles. The first-order valence-corrected chi connectivity index (χ1v) is 9.11. The van der Waals surface area contributed by atoms with E-state index < -0.39 is 23.0 Å². The summed E-state index contributed by atoms with van der Waals surface area (Å²) in [6.45, 7) is 2.00. The molecule has 3 atom stereocenters. The summed E-state index contributed by atoms with van der Waals surface area (Å²) >= 11 is 5.96. The fraction of sp³-hybridized carbons (Fsp3) is 0.263. The van der Waals surface area contributed by atoms with Gasteiger partial charge in [-0.15, -0.1) is 0 Å². The second-order valence-electron chi connectivity index (χ2n) is 6.57. The summed E-state index contributed by atoms with van der Waals surface area (Å²) in [6.07, 6.45) is -0.927. The van der Waals surface area contributed by atoms with E-state index in [0.717, 1.165) is 0 Å². The van der Waals surface area contributed by atoms with Crippen LogP contribution >= 0.6 is 11.6 Å². The van der Waals surface area contributed by atoms with Gasteiger partial charge in [0.25, 0.3) is 11.6 Å². The second kappa shape index (κ2) is 6.88. The molecule has 2 amide bonds. The Balaban J connectivity index is 1.78. The van der Waals surface area contributed by atoms with Crippen molar-refractivity contribution in [2.75, 3.05) is 11.6 Å². The standard InChI is InChI=1S/C19H16ClN3O5/c1-2-21-18(24)15-16(11-3-7-14(8-4-11)23(26)27)22(28-17(15)19(21)25)13-9-5-12(20)6-10-13/h3-10,15-17H,2H2,1H3. The normalized spacial score (nSPS) is 24.0. The number of amides is 2. The van der Waals surface area contributed by atoms with Crippen LogP contribution in [-0.4, -0.2) is 34.3 Å². The maximum absolute atomic E-state index is 12.9. The molecule has 0 aromatic heterocycles. The number of carbonyl (C=O) groups excluding carboxylic acids is 2. The van der Waals surface area contributed by atoms with Gasteiger partial charge in [0.1, 0.15) is 5.92 Å². The molecule has 28 heavy (non-hydrogen) atoms. The van der Waals surface area contributed by atoms with E-state index in [0.29, 0.717) is 16.3 Å². The zero-order valence-corrected chi connectivity index (χ0v) is 15.6. The predicted molar refractivity (Wildman–Crippen MR) is 101 cm³/mol. The third-order valence-corrected chi connectivity index (χ3v) is 5.30. The lowest BCUT2D eigenvalue weighted by molar-refractivity contribution is -0.384. The van der Waals surface area contributed by atoms with Gasteiger partial charge < -0.3 is 0 Å². The van der Waals surface area contributed by atoms with Gasteiger partial charge in [0, 0.05) is 23.7 Å². The smallest absolute Gasteiger partial charge is 0.269 e. The molecule has 0 spiro atoms. The largest absolute Gasteiger partial charge is 0.280 e. The van der Waals surface area contributed by atoms with Gasteiger partial charge in [-0.05, 0) is 36.8 Å². The molecule has 2 saturated heterocycles. The molecule has 0 aliphatic carbocycles. The minimum absolute atomic E-state index is 0.0544. The Morgan fingerprint density at radius 3 is 2.29 bits per heavy atom. The number of imide groups is 1. The summed E-state index contributed by atoms with van der Waals surface area (Å²) in [5, 5.41) is 13.0. The van der Waals surface area contributed by atoms with Crippen LogP contribution in [0.25, 0.3) is 0 Å². The van der Waals surface area contributed by atoms with Crippen LogP contribution in [0.1, 0.15) is 18.5 Å².